The molecule has 0 aliphatic heterocycles. The Morgan fingerprint density at radius 2 is 1.62 bits per heavy atom. The van der Waals surface area contributed by atoms with E-state index in [1.54, 1.807) is 6.21 Å². The number of hydrogen-bond acceptors (Lipinski definition) is 3. The van der Waals surface area contributed by atoms with Crippen LogP contribution in [0.25, 0.3) is 0 Å². The number of amides is 1. The highest BCUT2D eigenvalue weighted by atomic mass is 16.5. The quantitative estimate of drug-likeness (QED) is 0.672. The van der Waals surface area contributed by atoms with E-state index >= 15 is 0 Å². The summed E-state index contributed by atoms with van der Waals surface area (Å²) in [4.78, 5) is 11.8. The molecule has 4 nitrogen and oxygen atoms in total. The Balaban J connectivity index is 1.89. The maximum atomic E-state index is 11.8. The number of nitrogens with zero attached hydrogens (tertiary/aromatic N) is 1. The molecule has 0 spiro atoms. The van der Waals surface area contributed by atoms with Gasteiger partial charge in [0.2, 0.25) is 0 Å². The molecule has 0 saturated heterocycles. The van der Waals surface area contributed by atoms with Gasteiger partial charge in [-0.05, 0) is 86.2 Å². The highest BCUT2D eigenvalue weighted by Crippen LogP contribution is 2.16. The summed E-state index contributed by atoms with van der Waals surface area (Å²) in [6.45, 7) is 10.1. The first-order valence-electron chi connectivity index (χ1n) is 7.96. The maximum Gasteiger partial charge on any atom is 0.277 e. The van der Waals surface area contributed by atoms with Crippen molar-refractivity contribution in [2.75, 3.05) is 6.61 Å². The standard InChI is InChI=1S/C20H24N2O2/c1-13-6-7-19(10-16(13)4)24-12-20(23)22-21-11-18-9-15(3)14(2)8-17(18)5/h6-11H,12H2,1-5H3,(H,22,23)/b21-11-. The van der Waals surface area contributed by atoms with Gasteiger partial charge in [-0.2, -0.15) is 5.10 Å². The van der Waals surface area contributed by atoms with Gasteiger partial charge in [-0.1, -0.05) is 12.1 Å². The molecule has 24 heavy (non-hydrogen) atoms. The van der Waals surface area contributed by atoms with E-state index in [1.165, 1.54) is 16.7 Å². The smallest absolute Gasteiger partial charge is 0.277 e. The van der Waals surface area contributed by atoms with Gasteiger partial charge in [0.1, 0.15) is 5.75 Å². The van der Waals surface area contributed by atoms with E-state index in [9.17, 15) is 4.79 Å². The summed E-state index contributed by atoms with van der Waals surface area (Å²) in [6, 6.07) is 9.93. The van der Waals surface area contributed by atoms with E-state index in [4.69, 9.17) is 4.74 Å². The van der Waals surface area contributed by atoms with Crippen LogP contribution in [0.1, 0.15) is 33.4 Å². The van der Waals surface area contributed by atoms with Crippen LogP contribution < -0.4 is 10.2 Å². The average Bonchev–Trinajstić information content (AvgIpc) is 2.53. The molecule has 0 fully saturated rings. The molecule has 2 aromatic carbocycles. The van der Waals surface area contributed by atoms with Gasteiger partial charge in [0.15, 0.2) is 6.61 Å². The highest BCUT2D eigenvalue weighted by molar-refractivity contribution is 5.84. The Kier molecular flexibility index (Phi) is 5.74. The second-order valence-electron chi connectivity index (χ2n) is 6.12. The molecule has 0 bridgehead atoms. The summed E-state index contributed by atoms with van der Waals surface area (Å²) >= 11 is 0. The third-order valence-corrected chi connectivity index (χ3v) is 4.12. The minimum atomic E-state index is -0.286. The van der Waals surface area contributed by atoms with E-state index in [0.717, 1.165) is 16.7 Å². The van der Waals surface area contributed by atoms with Gasteiger partial charge in [0.25, 0.3) is 5.91 Å². The van der Waals surface area contributed by atoms with E-state index in [0.29, 0.717) is 5.75 Å². The fourth-order valence-electron chi connectivity index (χ4n) is 2.28. The fraction of sp³-hybridized carbons (Fsp3) is 0.300. The van der Waals surface area contributed by atoms with Crippen LogP contribution in [0.3, 0.4) is 0 Å². The van der Waals surface area contributed by atoms with E-state index < -0.39 is 0 Å². The number of aryl methyl sites for hydroxylation is 5. The molecule has 1 N–H and O–H groups in total. The monoisotopic (exact) mass is 324 g/mol. The van der Waals surface area contributed by atoms with Gasteiger partial charge in [-0.3, -0.25) is 4.79 Å². The minimum absolute atomic E-state index is 0.0637. The summed E-state index contributed by atoms with van der Waals surface area (Å²) in [5.74, 6) is 0.396. The maximum absolute atomic E-state index is 11.8. The molecule has 0 saturated carbocycles. The predicted octanol–water partition coefficient (Wildman–Crippen LogP) is 3.76. The van der Waals surface area contributed by atoms with Crippen LogP contribution in [0, 0.1) is 34.6 Å². The summed E-state index contributed by atoms with van der Waals surface area (Å²) < 4.78 is 5.48. The van der Waals surface area contributed by atoms with Crippen molar-refractivity contribution in [1.29, 1.82) is 0 Å². The van der Waals surface area contributed by atoms with Gasteiger partial charge in [0.05, 0.1) is 6.21 Å². The van der Waals surface area contributed by atoms with Gasteiger partial charge in [0, 0.05) is 0 Å². The highest BCUT2D eigenvalue weighted by Gasteiger charge is 2.03. The van der Waals surface area contributed by atoms with Crippen LogP contribution in [-0.4, -0.2) is 18.7 Å². The van der Waals surface area contributed by atoms with Crippen molar-refractivity contribution in [2.24, 2.45) is 5.10 Å². The Morgan fingerprint density at radius 3 is 2.33 bits per heavy atom. The second-order valence-corrected chi connectivity index (χ2v) is 6.12. The second kappa shape index (κ2) is 7.77. The van der Waals surface area contributed by atoms with Crippen LogP contribution in [0.5, 0.6) is 5.75 Å². The number of carbonyl (C=O) groups is 1. The Hall–Kier alpha value is -2.62. The number of ether oxygens (including phenoxy) is 1. The predicted molar refractivity (Wildman–Crippen MR) is 97.8 cm³/mol. The number of benzene rings is 2. The van der Waals surface area contributed by atoms with Gasteiger partial charge in [-0.25, -0.2) is 5.43 Å². The third-order valence-electron chi connectivity index (χ3n) is 4.12. The third kappa shape index (κ3) is 4.69. The first-order valence-corrected chi connectivity index (χ1v) is 7.96. The average molecular weight is 324 g/mol. The topological polar surface area (TPSA) is 50.7 Å². The Bertz CT molecular complexity index is 779. The first kappa shape index (κ1) is 17.7. The molecule has 0 aromatic heterocycles. The van der Waals surface area contributed by atoms with Crippen molar-refractivity contribution in [1.82, 2.24) is 5.43 Å². The van der Waals surface area contributed by atoms with Crippen molar-refractivity contribution in [3.63, 3.8) is 0 Å². The van der Waals surface area contributed by atoms with E-state index in [1.807, 2.05) is 39.0 Å². The summed E-state index contributed by atoms with van der Waals surface area (Å²) in [5, 5.41) is 4.01. The molecule has 0 aliphatic carbocycles. The van der Waals surface area contributed by atoms with Crippen molar-refractivity contribution in [3.05, 3.63) is 63.7 Å². The van der Waals surface area contributed by atoms with Crippen LogP contribution in [0.15, 0.2) is 35.4 Å². The fourth-order valence-corrected chi connectivity index (χ4v) is 2.28. The number of hydrazone groups is 1. The van der Waals surface area contributed by atoms with Crippen molar-refractivity contribution in [2.45, 2.75) is 34.6 Å². The summed E-state index contributed by atoms with van der Waals surface area (Å²) in [6.07, 6.45) is 1.66. The molecule has 0 atom stereocenters. The summed E-state index contributed by atoms with van der Waals surface area (Å²) in [7, 11) is 0. The molecule has 0 heterocycles. The SMILES string of the molecule is Cc1ccc(OCC(=O)N/N=C\c2cc(C)c(C)cc2C)cc1C. The normalized spacial score (nSPS) is 10.9. The van der Waals surface area contributed by atoms with Crippen molar-refractivity contribution >= 4 is 12.1 Å². The lowest BCUT2D eigenvalue weighted by Crippen LogP contribution is -2.24. The van der Waals surface area contributed by atoms with Crippen molar-refractivity contribution in [3.8, 4) is 5.75 Å². The lowest BCUT2D eigenvalue weighted by Gasteiger charge is -2.08. The van der Waals surface area contributed by atoms with Crippen molar-refractivity contribution < 1.29 is 9.53 Å². The molecule has 0 unspecified atom stereocenters. The molecule has 126 valence electrons. The lowest BCUT2D eigenvalue weighted by molar-refractivity contribution is -0.123. The largest absolute Gasteiger partial charge is 0.484 e. The zero-order valence-corrected chi connectivity index (χ0v) is 14.9. The minimum Gasteiger partial charge on any atom is -0.484 e. The van der Waals surface area contributed by atoms with Crippen LogP contribution >= 0.6 is 0 Å². The number of carbonyl (C=O) groups excluding carboxylic acids is 1. The lowest BCUT2D eigenvalue weighted by atomic mass is 10.0. The molecule has 1 amide bonds. The molecular formula is C20H24N2O2. The molecule has 0 aliphatic rings. The Morgan fingerprint density at radius 1 is 0.958 bits per heavy atom. The number of nitrogens with one attached hydrogen (secondary N) is 1. The zero-order chi connectivity index (χ0) is 17.7. The van der Waals surface area contributed by atoms with Gasteiger partial charge >= 0.3 is 0 Å². The van der Waals surface area contributed by atoms with Crippen LogP contribution in [0.4, 0.5) is 0 Å². The molecule has 0 radical (unpaired) electrons. The molecule has 4 heteroatoms. The van der Waals surface area contributed by atoms with Gasteiger partial charge < -0.3 is 4.74 Å². The Labute approximate surface area is 143 Å². The zero-order valence-electron chi connectivity index (χ0n) is 14.9. The summed E-state index contributed by atoms with van der Waals surface area (Å²) in [5.41, 5.74) is 9.39. The van der Waals surface area contributed by atoms with E-state index in [2.05, 4.69) is 36.5 Å². The van der Waals surface area contributed by atoms with E-state index in [-0.39, 0.29) is 12.5 Å². The van der Waals surface area contributed by atoms with Gasteiger partial charge in [-0.15, -0.1) is 0 Å². The number of hydrogen-bond donors (Lipinski definition) is 1. The molecule has 2 aromatic rings. The number of rotatable bonds is 5. The molecule has 2 rings (SSSR count). The van der Waals surface area contributed by atoms with Crippen LogP contribution in [-0.2, 0) is 4.79 Å². The van der Waals surface area contributed by atoms with Crippen LogP contribution in [0.2, 0.25) is 0 Å². The molecular weight excluding hydrogens is 300 g/mol. The first-order chi connectivity index (χ1) is 11.4.